The lowest BCUT2D eigenvalue weighted by molar-refractivity contribution is -0.147. The van der Waals surface area contributed by atoms with Gasteiger partial charge in [-0.25, -0.2) is 4.79 Å². The van der Waals surface area contributed by atoms with E-state index in [-0.39, 0.29) is 22.0 Å². The van der Waals surface area contributed by atoms with E-state index in [9.17, 15) is 24.3 Å². The highest BCUT2D eigenvalue weighted by molar-refractivity contribution is 7.18. The molecule has 8 nitrogen and oxygen atoms in total. The number of ether oxygens (including phenoxy) is 1. The minimum atomic E-state index is -1.01. The van der Waals surface area contributed by atoms with Gasteiger partial charge in [0.1, 0.15) is 9.88 Å². The predicted molar refractivity (Wildman–Crippen MR) is 95.2 cm³/mol. The molecule has 0 aromatic carbocycles. The minimum Gasteiger partial charge on any atom is -0.481 e. The van der Waals surface area contributed by atoms with Crippen molar-refractivity contribution < 1.29 is 29.0 Å². The number of primary amides is 1. The summed E-state index contributed by atoms with van der Waals surface area (Å²) < 4.78 is 4.96. The van der Waals surface area contributed by atoms with Gasteiger partial charge in [0.05, 0.1) is 24.0 Å². The first-order valence-corrected chi connectivity index (χ1v) is 9.23. The van der Waals surface area contributed by atoms with Crippen LogP contribution in [0.5, 0.6) is 0 Å². The monoisotopic (exact) mass is 382 g/mol. The van der Waals surface area contributed by atoms with Crippen LogP contribution in [0, 0.1) is 18.8 Å². The molecule has 1 aliphatic carbocycles. The number of hydrogen-bond donors (Lipinski definition) is 3. The maximum Gasteiger partial charge on any atom is 0.348 e. The SMILES string of the molecule is CCOC(=O)c1sc(NC(=O)[C@H]2CCCC[C@H]2C(=O)O)c(C(N)=O)c1C. The summed E-state index contributed by atoms with van der Waals surface area (Å²) in [7, 11) is 0. The first kappa shape index (κ1) is 19.9. The molecule has 26 heavy (non-hydrogen) atoms. The van der Waals surface area contributed by atoms with Crippen molar-refractivity contribution in [2.75, 3.05) is 11.9 Å². The van der Waals surface area contributed by atoms with Crippen LogP contribution in [-0.4, -0.2) is 35.5 Å². The highest BCUT2D eigenvalue weighted by atomic mass is 32.1. The molecule has 4 N–H and O–H groups in total. The van der Waals surface area contributed by atoms with E-state index in [0.717, 1.165) is 24.2 Å². The number of amides is 2. The van der Waals surface area contributed by atoms with Crippen molar-refractivity contribution >= 4 is 40.1 Å². The van der Waals surface area contributed by atoms with Crippen LogP contribution in [0.3, 0.4) is 0 Å². The molecule has 1 saturated carbocycles. The van der Waals surface area contributed by atoms with E-state index in [1.165, 1.54) is 0 Å². The summed E-state index contributed by atoms with van der Waals surface area (Å²) in [5.41, 5.74) is 5.80. The quantitative estimate of drug-likeness (QED) is 0.645. The average molecular weight is 382 g/mol. The second-order valence-electron chi connectivity index (χ2n) is 6.17. The maximum absolute atomic E-state index is 12.6. The van der Waals surface area contributed by atoms with Crippen molar-refractivity contribution in [2.24, 2.45) is 17.6 Å². The topological polar surface area (TPSA) is 136 Å². The zero-order chi connectivity index (χ0) is 19.4. The van der Waals surface area contributed by atoms with Gasteiger partial charge < -0.3 is 20.9 Å². The lowest BCUT2D eigenvalue weighted by Gasteiger charge is -2.27. The summed E-state index contributed by atoms with van der Waals surface area (Å²) >= 11 is 0.910. The molecule has 0 unspecified atom stereocenters. The first-order chi connectivity index (χ1) is 12.3. The van der Waals surface area contributed by atoms with Crippen molar-refractivity contribution in [3.8, 4) is 0 Å². The van der Waals surface area contributed by atoms with Crippen LogP contribution in [0.4, 0.5) is 5.00 Å². The normalized spacial score (nSPS) is 19.6. The third-order valence-corrected chi connectivity index (χ3v) is 5.70. The average Bonchev–Trinajstić information content (AvgIpc) is 2.91. The van der Waals surface area contributed by atoms with Crippen LogP contribution in [0.25, 0.3) is 0 Å². The molecule has 1 aromatic heterocycles. The van der Waals surface area contributed by atoms with Gasteiger partial charge in [-0.05, 0) is 32.3 Å². The number of carbonyl (C=O) groups is 4. The molecule has 0 bridgehead atoms. The summed E-state index contributed by atoms with van der Waals surface area (Å²) in [4.78, 5) is 48.1. The summed E-state index contributed by atoms with van der Waals surface area (Å²) in [5.74, 6) is -4.30. The molecule has 0 spiro atoms. The van der Waals surface area contributed by atoms with Crippen LogP contribution in [0.1, 0.15) is 58.2 Å². The number of nitrogens with two attached hydrogens (primary N) is 1. The van der Waals surface area contributed by atoms with E-state index in [1.807, 2.05) is 0 Å². The molecule has 2 amide bonds. The first-order valence-electron chi connectivity index (χ1n) is 8.41. The number of carbonyl (C=O) groups excluding carboxylic acids is 3. The van der Waals surface area contributed by atoms with Crippen LogP contribution >= 0.6 is 11.3 Å². The number of anilines is 1. The molecular weight excluding hydrogens is 360 g/mol. The molecule has 2 atom stereocenters. The number of esters is 1. The van der Waals surface area contributed by atoms with Crippen molar-refractivity contribution in [3.05, 3.63) is 16.0 Å². The Morgan fingerprint density at radius 1 is 1.23 bits per heavy atom. The molecular formula is C17H22N2O6S. The Morgan fingerprint density at radius 2 is 1.85 bits per heavy atom. The van der Waals surface area contributed by atoms with Crippen molar-refractivity contribution in [2.45, 2.75) is 39.5 Å². The van der Waals surface area contributed by atoms with E-state index in [1.54, 1.807) is 13.8 Å². The van der Waals surface area contributed by atoms with Gasteiger partial charge in [0.15, 0.2) is 0 Å². The third-order valence-electron chi connectivity index (χ3n) is 4.51. The van der Waals surface area contributed by atoms with E-state index in [0.29, 0.717) is 18.4 Å². The Balaban J connectivity index is 2.31. The Labute approximate surface area is 154 Å². The second-order valence-corrected chi connectivity index (χ2v) is 7.19. The molecule has 1 aliphatic rings. The number of aliphatic carboxylic acids is 1. The van der Waals surface area contributed by atoms with Crippen molar-refractivity contribution in [3.63, 3.8) is 0 Å². The Bertz CT molecular complexity index is 742. The number of thiophene rings is 1. The van der Waals surface area contributed by atoms with Crippen LogP contribution in [-0.2, 0) is 14.3 Å². The van der Waals surface area contributed by atoms with E-state index in [2.05, 4.69) is 5.32 Å². The number of carboxylic acids is 1. The summed E-state index contributed by atoms with van der Waals surface area (Å²) in [6, 6.07) is 0. The molecule has 1 aromatic rings. The number of hydrogen-bond acceptors (Lipinski definition) is 6. The maximum atomic E-state index is 12.6. The molecule has 0 aliphatic heterocycles. The van der Waals surface area contributed by atoms with Gasteiger partial charge in [-0.1, -0.05) is 12.8 Å². The predicted octanol–water partition coefficient (Wildman–Crippen LogP) is 2.16. The van der Waals surface area contributed by atoms with Crippen LogP contribution in [0.2, 0.25) is 0 Å². The smallest absolute Gasteiger partial charge is 0.348 e. The highest BCUT2D eigenvalue weighted by Gasteiger charge is 2.36. The second kappa shape index (κ2) is 8.31. The standard InChI is InChI=1S/C17H22N2O6S/c1-3-25-17(24)12-8(2)11(13(18)20)15(26-12)19-14(21)9-6-4-5-7-10(9)16(22)23/h9-10H,3-7H2,1-2H3,(H2,18,20)(H,19,21)(H,22,23)/t9-,10+/m0/s1. The molecule has 0 radical (unpaired) electrons. The highest BCUT2D eigenvalue weighted by Crippen LogP contribution is 2.36. The largest absolute Gasteiger partial charge is 0.481 e. The summed E-state index contributed by atoms with van der Waals surface area (Å²) in [6.45, 7) is 3.39. The van der Waals surface area contributed by atoms with Crippen LogP contribution < -0.4 is 11.1 Å². The molecule has 142 valence electrons. The number of nitrogens with one attached hydrogen (secondary N) is 1. The molecule has 1 fully saturated rings. The summed E-state index contributed by atoms with van der Waals surface area (Å²) in [5, 5.41) is 12.1. The minimum absolute atomic E-state index is 0.0501. The fourth-order valence-corrected chi connectivity index (χ4v) is 4.34. The Kier molecular flexibility index (Phi) is 6.36. The number of carboxylic acid groups (broad SMARTS) is 1. The molecule has 2 rings (SSSR count). The molecule has 9 heteroatoms. The van der Waals surface area contributed by atoms with E-state index in [4.69, 9.17) is 10.5 Å². The van der Waals surface area contributed by atoms with Gasteiger partial charge >= 0.3 is 11.9 Å². The van der Waals surface area contributed by atoms with Gasteiger partial charge in [0.2, 0.25) is 5.91 Å². The van der Waals surface area contributed by atoms with Gasteiger partial charge in [0.25, 0.3) is 5.91 Å². The lowest BCUT2D eigenvalue weighted by Crippen LogP contribution is -2.36. The third kappa shape index (κ3) is 4.04. The number of rotatable bonds is 6. The van der Waals surface area contributed by atoms with Crippen LogP contribution in [0.15, 0.2) is 0 Å². The van der Waals surface area contributed by atoms with Gasteiger partial charge in [-0.2, -0.15) is 0 Å². The van der Waals surface area contributed by atoms with Gasteiger partial charge in [-0.15, -0.1) is 11.3 Å². The molecule has 0 saturated heterocycles. The van der Waals surface area contributed by atoms with Crippen molar-refractivity contribution in [1.82, 2.24) is 0 Å². The Hall–Kier alpha value is -2.42. The fraction of sp³-hybridized carbons (Fsp3) is 0.529. The van der Waals surface area contributed by atoms with E-state index < -0.39 is 35.6 Å². The fourth-order valence-electron chi connectivity index (χ4n) is 3.23. The lowest BCUT2D eigenvalue weighted by atomic mass is 9.79. The Morgan fingerprint density at radius 3 is 2.38 bits per heavy atom. The zero-order valence-electron chi connectivity index (χ0n) is 14.7. The zero-order valence-corrected chi connectivity index (χ0v) is 15.5. The van der Waals surface area contributed by atoms with Crippen molar-refractivity contribution in [1.29, 1.82) is 0 Å². The summed E-state index contributed by atoms with van der Waals surface area (Å²) in [6.07, 6.45) is 2.43. The van der Waals surface area contributed by atoms with E-state index >= 15 is 0 Å². The van der Waals surface area contributed by atoms with Gasteiger partial charge in [0, 0.05) is 0 Å². The van der Waals surface area contributed by atoms with Gasteiger partial charge in [-0.3, -0.25) is 14.4 Å². The molecule has 1 heterocycles.